The summed E-state index contributed by atoms with van der Waals surface area (Å²) in [6.45, 7) is 1.72. The highest BCUT2D eigenvalue weighted by Gasteiger charge is 2.14. The molecule has 0 radical (unpaired) electrons. The molecular weight excluding hydrogens is 264 g/mol. The maximum Gasteiger partial charge on any atom is 0.119 e. The molecular formula is C17H18N2O2. The quantitative estimate of drug-likeness (QED) is 0.934. The molecule has 0 heterocycles. The van der Waals surface area contributed by atoms with E-state index in [-0.39, 0.29) is 0 Å². The summed E-state index contributed by atoms with van der Waals surface area (Å²) in [6, 6.07) is 15.0. The lowest BCUT2D eigenvalue weighted by atomic mass is 10.0. The van der Waals surface area contributed by atoms with Gasteiger partial charge in [0.25, 0.3) is 0 Å². The number of methoxy groups -OCH3 is 1. The van der Waals surface area contributed by atoms with E-state index < -0.39 is 6.10 Å². The molecule has 4 heteroatoms. The average Bonchev–Trinajstić information content (AvgIpc) is 2.53. The van der Waals surface area contributed by atoms with Crippen molar-refractivity contribution >= 4 is 11.4 Å². The zero-order valence-corrected chi connectivity index (χ0v) is 12.4. The van der Waals surface area contributed by atoms with Gasteiger partial charge in [0, 0.05) is 24.0 Å². The molecule has 0 aliphatic carbocycles. The van der Waals surface area contributed by atoms with E-state index in [0.717, 1.165) is 22.7 Å². The fraction of sp³-hybridized carbons (Fsp3) is 0.235. The van der Waals surface area contributed by atoms with E-state index >= 15 is 0 Å². The smallest absolute Gasteiger partial charge is 0.119 e. The molecule has 108 valence electrons. The van der Waals surface area contributed by atoms with Gasteiger partial charge in [-0.15, -0.1) is 0 Å². The first kappa shape index (κ1) is 14.9. The first-order valence-corrected chi connectivity index (χ1v) is 6.66. The molecule has 2 aromatic carbocycles. The number of aliphatic hydroxyl groups is 1. The van der Waals surface area contributed by atoms with Crippen LogP contribution in [0.15, 0.2) is 42.5 Å². The summed E-state index contributed by atoms with van der Waals surface area (Å²) in [5, 5.41) is 19.0. The molecule has 4 nitrogen and oxygen atoms in total. The van der Waals surface area contributed by atoms with Crippen LogP contribution in [0.5, 0.6) is 5.75 Å². The van der Waals surface area contributed by atoms with Gasteiger partial charge in [0.1, 0.15) is 5.75 Å². The van der Waals surface area contributed by atoms with E-state index in [4.69, 9.17) is 10.00 Å². The fourth-order valence-corrected chi connectivity index (χ4v) is 2.20. The minimum Gasteiger partial charge on any atom is -0.497 e. The molecule has 1 atom stereocenters. The van der Waals surface area contributed by atoms with Crippen LogP contribution in [0.25, 0.3) is 0 Å². The monoisotopic (exact) mass is 282 g/mol. The second kappa shape index (κ2) is 6.29. The predicted molar refractivity (Wildman–Crippen MR) is 82.8 cm³/mol. The second-order valence-electron chi connectivity index (χ2n) is 4.82. The van der Waals surface area contributed by atoms with Gasteiger partial charge in [-0.05, 0) is 43.3 Å². The minimum absolute atomic E-state index is 0.565. The van der Waals surface area contributed by atoms with E-state index in [9.17, 15) is 5.11 Å². The Morgan fingerprint density at radius 3 is 2.38 bits per heavy atom. The number of hydrogen-bond donors (Lipinski definition) is 1. The number of rotatable bonds is 4. The molecule has 0 fully saturated rings. The zero-order chi connectivity index (χ0) is 15.4. The third-order valence-electron chi connectivity index (χ3n) is 3.43. The molecule has 0 aliphatic rings. The number of ether oxygens (including phenoxy) is 1. The highest BCUT2D eigenvalue weighted by molar-refractivity contribution is 5.68. The molecule has 2 rings (SSSR count). The van der Waals surface area contributed by atoms with Gasteiger partial charge in [-0.3, -0.25) is 0 Å². The second-order valence-corrected chi connectivity index (χ2v) is 4.82. The fourth-order valence-electron chi connectivity index (χ4n) is 2.20. The number of nitrogens with zero attached hydrogens (tertiary/aromatic N) is 2. The summed E-state index contributed by atoms with van der Waals surface area (Å²) < 4.78 is 5.15. The average molecular weight is 282 g/mol. The van der Waals surface area contributed by atoms with Gasteiger partial charge in [0.05, 0.1) is 24.8 Å². The number of benzene rings is 2. The van der Waals surface area contributed by atoms with Gasteiger partial charge in [-0.1, -0.05) is 6.07 Å². The Bertz CT molecular complexity index is 657. The Labute approximate surface area is 124 Å². The molecule has 21 heavy (non-hydrogen) atoms. The highest BCUT2D eigenvalue weighted by atomic mass is 16.5. The molecule has 0 aromatic heterocycles. The SMILES string of the molecule is COc1ccc(N(C)c2cc(C#N)ccc2[C@@H](C)O)cc1. The van der Waals surface area contributed by atoms with Crippen molar-refractivity contribution < 1.29 is 9.84 Å². The lowest BCUT2D eigenvalue weighted by Gasteiger charge is -2.24. The molecule has 0 saturated carbocycles. The Kier molecular flexibility index (Phi) is 4.46. The summed E-state index contributed by atoms with van der Waals surface area (Å²) in [4.78, 5) is 1.95. The van der Waals surface area contributed by atoms with Crippen molar-refractivity contribution in [2.24, 2.45) is 0 Å². The first-order chi connectivity index (χ1) is 10.1. The topological polar surface area (TPSA) is 56.5 Å². The van der Waals surface area contributed by atoms with Crippen LogP contribution in [0, 0.1) is 11.3 Å². The summed E-state index contributed by atoms with van der Waals surface area (Å²) in [7, 11) is 3.53. The number of aliphatic hydroxyl groups excluding tert-OH is 1. The van der Waals surface area contributed by atoms with Gasteiger partial charge >= 0.3 is 0 Å². The Morgan fingerprint density at radius 1 is 1.19 bits per heavy atom. The van der Waals surface area contributed by atoms with Gasteiger partial charge < -0.3 is 14.7 Å². The number of hydrogen-bond acceptors (Lipinski definition) is 4. The van der Waals surface area contributed by atoms with Crippen LogP contribution in [0.4, 0.5) is 11.4 Å². The van der Waals surface area contributed by atoms with Crippen LogP contribution >= 0.6 is 0 Å². The normalized spacial score (nSPS) is 11.6. The molecule has 0 unspecified atom stereocenters. The lowest BCUT2D eigenvalue weighted by Crippen LogP contribution is -2.13. The standard InChI is InChI=1S/C17H18N2O2/c1-12(20)16-9-4-13(11-18)10-17(16)19(2)14-5-7-15(21-3)8-6-14/h4-10,12,20H,1-3H3/t12-/m1/s1. The van der Waals surface area contributed by atoms with E-state index in [1.165, 1.54) is 0 Å². The molecule has 0 aliphatic heterocycles. The predicted octanol–water partition coefficient (Wildman–Crippen LogP) is 3.39. The van der Waals surface area contributed by atoms with Crippen molar-refractivity contribution in [3.63, 3.8) is 0 Å². The highest BCUT2D eigenvalue weighted by Crippen LogP contribution is 2.32. The Hall–Kier alpha value is -2.51. The lowest BCUT2D eigenvalue weighted by molar-refractivity contribution is 0.200. The summed E-state index contributed by atoms with van der Waals surface area (Å²) >= 11 is 0. The molecule has 1 N–H and O–H groups in total. The molecule has 0 amide bonds. The van der Waals surface area contributed by atoms with Gasteiger partial charge in [-0.25, -0.2) is 0 Å². The van der Waals surface area contributed by atoms with Crippen LogP contribution in [-0.4, -0.2) is 19.3 Å². The third kappa shape index (κ3) is 3.15. The van der Waals surface area contributed by atoms with Crippen molar-refractivity contribution in [1.29, 1.82) is 5.26 Å². The van der Waals surface area contributed by atoms with Crippen LogP contribution in [-0.2, 0) is 0 Å². The van der Waals surface area contributed by atoms with Crippen molar-refractivity contribution in [2.75, 3.05) is 19.1 Å². The maximum absolute atomic E-state index is 9.92. The molecule has 0 spiro atoms. The summed E-state index contributed by atoms with van der Waals surface area (Å²) in [5.41, 5.74) is 3.11. The summed E-state index contributed by atoms with van der Waals surface area (Å²) in [6.07, 6.45) is -0.603. The Balaban J connectivity index is 2.45. The van der Waals surface area contributed by atoms with Crippen LogP contribution in [0.2, 0.25) is 0 Å². The van der Waals surface area contributed by atoms with E-state index in [1.807, 2.05) is 36.2 Å². The van der Waals surface area contributed by atoms with Crippen LogP contribution < -0.4 is 9.64 Å². The van der Waals surface area contributed by atoms with Gasteiger partial charge in [-0.2, -0.15) is 5.26 Å². The maximum atomic E-state index is 9.92. The van der Waals surface area contributed by atoms with E-state index in [0.29, 0.717) is 5.56 Å². The first-order valence-electron chi connectivity index (χ1n) is 6.66. The third-order valence-corrected chi connectivity index (χ3v) is 3.43. The molecule has 0 saturated heterocycles. The van der Waals surface area contributed by atoms with Crippen LogP contribution in [0.1, 0.15) is 24.2 Å². The van der Waals surface area contributed by atoms with Crippen molar-refractivity contribution in [3.8, 4) is 11.8 Å². The minimum atomic E-state index is -0.603. The van der Waals surface area contributed by atoms with Crippen LogP contribution in [0.3, 0.4) is 0 Å². The molecule has 2 aromatic rings. The van der Waals surface area contributed by atoms with E-state index in [2.05, 4.69) is 6.07 Å². The largest absolute Gasteiger partial charge is 0.497 e. The van der Waals surface area contributed by atoms with Gasteiger partial charge in [0.15, 0.2) is 0 Å². The number of nitriles is 1. The zero-order valence-electron chi connectivity index (χ0n) is 12.4. The Morgan fingerprint density at radius 2 is 1.86 bits per heavy atom. The van der Waals surface area contributed by atoms with Crippen molar-refractivity contribution in [2.45, 2.75) is 13.0 Å². The van der Waals surface area contributed by atoms with Crippen molar-refractivity contribution in [3.05, 3.63) is 53.6 Å². The van der Waals surface area contributed by atoms with E-state index in [1.54, 1.807) is 32.2 Å². The van der Waals surface area contributed by atoms with Gasteiger partial charge in [0.2, 0.25) is 0 Å². The number of anilines is 2. The summed E-state index contributed by atoms with van der Waals surface area (Å²) in [5.74, 6) is 0.786. The molecule has 0 bridgehead atoms. The van der Waals surface area contributed by atoms with Crippen molar-refractivity contribution in [1.82, 2.24) is 0 Å².